The molecular weight excluding hydrogens is 399 g/mol. The van der Waals surface area contributed by atoms with Gasteiger partial charge >= 0.3 is 11.9 Å². The molecule has 2 rings (SSSR count). The minimum absolute atomic E-state index is 0. The fourth-order valence-electron chi connectivity index (χ4n) is 1.72. The summed E-state index contributed by atoms with van der Waals surface area (Å²) in [4.78, 5) is 22.4. The van der Waals surface area contributed by atoms with E-state index in [-0.39, 0.29) is 43.1 Å². The molecule has 22 heavy (non-hydrogen) atoms. The van der Waals surface area contributed by atoms with Crippen molar-refractivity contribution >= 4 is 17.5 Å². The summed E-state index contributed by atoms with van der Waals surface area (Å²) in [6.07, 6.45) is 7.75. The molecule has 0 unspecified atom stereocenters. The van der Waals surface area contributed by atoms with Gasteiger partial charge in [0.25, 0.3) is 0 Å². The van der Waals surface area contributed by atoms with Crippen molar-refractivity contribution < 1.29 is 47.6 Å². The van der Waals surface area contributed by atoms with E-state index in [9.17, 15) is 9.59 Å². The van der Waals surface area contributed by atoms with Crippen molar-refractivity contribution in [1.82, 2.24) is 4.40 Å². The minimum atomic E-state index is -0.600. The number of fused-ring (bicyclic) bond motifs is 1. The summed E-state index contributed by atoms with van der Waals surface area (Å²) in [7, 11) is 1.26. The predicted octanol–water partition coefficient (Wildman–Crippen LogP) is -2.66. The highest BCUT2D eigenvalue weighted by Gasteiger charge is 2.11. The molecule has 116 valence electrons. The molecule has 2 aromatic rings. The van der Waals surface area contributed by atoms with Crippen LogP contribution in [0, 0.1) is 11.8 Å². The van der Waals surface area contributed by atoms with Crippen LogP contribution < -0.4 is 28.5 Å². The Kier molecular flexibility index (Phi) is 7.39. The number of hydrogen-bond donors (Lipinski definition) is 0. The van der Waals surface area contributed by atoms with E-state index in [1.807, 2.05) is 35.1 Å². The van der Waals surface area contributed by atoms with E-state index >= 15 is 0 Å². The Morgan fingerprint density at radius 2 is 2.18 bits per heavy atom. The Morgan fingerprint density at radius 3 is 2.95 bits per heavy atom. The lowest BCUT2D eigenvalue weighted by Crippen LogP contribution is -3.00. The molecule has 0 saturated heterocycles. The summed E-state index contributed by atoms with van der Waals surface area (Å²) in [5.74, 6) is 3.88. The number of aromatic nitrogens is 2. The van der Waals surface area contributed by atoms with Crippen LogP contribution >= 0.6 is 0 Å². The highest BCUT2D eigenvalue weighted by molar-refractivity contribution is 5.88. The van der Waals surface area contributed by atoms with Gasteiger partial charge < -0.3 is 37.9 Å². The van der Waals surface area contributed by atoms with Crippen LogP contribution in [-0.4, -0.2) is 30.1 Å². The van der Waals surface area contributed by atoms with Gasteiger partial charge in [0.05, 0.1) is 13.3 Å². The van der Waals surface area contributed by atoms with Crippen LogP contribution in [0.5, 0.6) is 0 Å². The van der Waals surface area contributed by atoms with Crippen LogP contribution in [0.15, 0.2) is 36.9 Å². The van der Waals surface area contributed by atoms with Crippen LogP contribution in [0.4, 0.5) is 0 Å². The first-order chi connectivity index (χ1) is 10.2. The average Bonchev–Trinajstić information content (AvgIpc) is 2.94. The van der Waals surface area contributed by atoms with Gasteiger partial charge in [-0.25, -0.2) is 9.59 Å². The predicted molar refractivity (Wildman–Crippen MR) is 73.0 cm³/mol. The van der Waals surface area contributed by atoms with Crippen LogP contribution in [0.3, 0.4) is 0 Å². The van der Waals surface area contributed by atoms with Crippen LogP contribution in [0.1, 0.15) is 6.42 Å². The largest absolute Gasteiger partial charge is 1.00 e. The number of esters is 2. The van der Waals surface area contributed by atoms with E-state index in [0.29, 0.717) is 6.42 Å². The smallest absolute Gasteiger partial charge is 0.384 e. The Morgan fingerprint density at radius 1 is 1.36 bits per heavy atom. The highest BCUT2D eigenvalue weighted by Crippen LogP contribution is 1.99. The number of hydrogen-bond acceptors (Lipinski definition) is 4. The molecule has 7 heteroatoms. The summed E-state index contributed by atoms with van der Waals surface area (Å²) in [6, 6.07) is 3.88. The number of nitrogens with zero attached hydrogens (tertiary/aromatic N) is 2. The molecule has 0 saturated carbocycles. The monoisotopic (exact) mass is 414 g/mol. The van der Waals surface area contributed by atoms with Crippen molar-refractivity contribution in [1.29, 1.82) is 0 Å². The highest BCUT2D eigenvalue weighted by atomic mass is 127. The zero-order valence-corrected chi connectivity index (χ0v) is 14.1. The molecule has 0 bridgehead atoms. The second-order valence-electron chi connectivity index (χ2n) is 4.20. The van der Waals surface area contributed by atoms with E-state index in [1.165, 1.54) is 7.11 Å². The normalized spacial score (nSPS) is 9.32. The molecule has 0 N–H and O–H groups in total. The van der Waals surface area contributed by atoms with E-state index in [4.69, 9.17) is 4.74 Å². The molecule has 0 aliphatic rings. The van der Waals surface area contributed by atoms with Crippen molar-refractivity contribution in [3.63, 3.8) is 0 Å². The Bertz CT molecular complexity index is 715. The molecule has 2 aromatic heterocycles. The zero-order valence-electron chi connectivity index (χ0n) is 12.0. The first-order valence-corrected chi connectivity index (χ1v) is 6.37. The van der Waals surface area contributed by atoms with Gasteiger partial charge in [-0.1, -0.05) is 5.92 Å². The first-order valence-electron chi connectivity index (χ1n) is 6.37. The third-order valence-corrected chi connectivity index (χ3v) is 2.71. The molecule has 0 aromatic carbocycles. The number of carbonyl (C=O) groups is 2. The lowest BCUT2D eigenvalue weighted by Gasteiger charge is -2.00. The molecule has 0 fully saturated rings. The fourth-order valence-corrected chi connectivity index (χ4v) is 1.72. The molecule has 0 aliphatic carbocycles. The molecule has 0 amide bonds. The summed E-state index contributed by atoms with van der Waals surface area (Å²) in [5.41, 5.74) is 0.995. The molecule has 0 spiro atoms. The summed E-state index contributed by atoms with van der Waals surface area (Å²) in [5, 5.41) is 0. The molecular formula is C15H15IN2O4. The van der Waals surface area contributed by atoms with Gasteiger partial charge in [-0.05, 0) is 12.1 Å². The maximum Gasteiger partial charge on any atom is 0.384 e. The number of ether oxygens (including phenoxy) is 2. The lowest BCUT2D eigenvalue weighted by atomic mass is 10.4. The van der Waals surface area contributed by atoms with Crippen LogP contribution in [0.2, 0.25) is 0 Å². The molecule has 0 aliphatic heterocycles. The standard InChI is InChI=1S/C15H15N2O4.HI/c1-20-14(18)6-2-3-10-21-15(19)12-16-8-9-17-7-4-5-13(17)11-16;/h4-5,7-9,11H,3,10,12H2,1H3;1H/q+1;/p-1. The van der Waals surface area contributed by atoms with Crippen LogP contribution in [0.25, 0.3) is 5.52 Å². The molecule has 2 heterocycles. The summed E-state index contributed by atoms with van der Waals surface area (Å²) in [6.45, 7) is 0.281. The SMILES string of the molecule is COC(=O)C#CCCOC(=O)C[n+]1ccn2cccc2c1.[I-]. The maximum atomic E-state index is 11.7. The van der Waals surface area contributed by atoms with Gasteiger partial charge in [-0.15, -0.1) is 0 Å². The number of halogens is 1. The van der Waals surface area contributed by atoms with E-state index in [2.05, 4.69) is 16.6 Å². The maximum absolute atomic E-state index is 11.7. The van der Waals surface area contributed by atoms with E-state index < -0.39 is 5.97 Å². The van der Waals surface area contributed by atoms with Gasteiger partial charge in [-0.3, -0.25) is 0 Å². The van der Waals surface area contributed by atoms with Crippen molar-refractivity contribution in [2.45, 2.75) is 13.0 Å². The van der Waals surface area contributed by atoms with Crippen molar-refractivity contribution in [2.75, 3.05) is 13.7 Å². The summed E-state index contributed by atoms with van der Waals surface area (Å²) < 4.78 is 13.1. The Balaban J connectivity index is 0.00000242. The molecule has 0 atom stereocenters. The lowest BCUT2D eigenvalue weighted by molar-refractivity contribution is -0.685. The fraction of sp³-hybridized carbons (Fsp3) is 0.267. The average molecular weight is 414 g/mol. The molecule has 6 nitrogen and oxygen atoms in total. The zero-order chi connectivity index (χ0) is 15.1. The third-order valence-electron chi connectivity index (χ3n) is 2.71. The second kappa shape index (κ2) is 9.04. The van der Waals surface area contributed by atoms with Gasteiger partial charge in [-0.2, -0.15) is 4.57 Å². The van der Waals surface area contributed by atoms with Crippen molar-refractivity contribution in [3.05, 3.63) is 36.9 Å². The summed E-state index contributed by atoms with van der Waals surface area (Å²) >= 11 is 0. The van der Waals surface area contributed by atoms with Crippen LogP contribution in [-0.2, 0) is 25.6 Å². The van der Waals surface area contributed by atoms with E-state index in [1.54, 1.807) is 10.8 Å². The topological polar surface area (TPSA) is 60.9 Å². The van der Waals surface area contributed by atoms with Gasteiger partial charge in [0.1, 0.15) is 12.1 Å². The Hall–Kier alpha value is -2.08. The second-order valence-corrected chi connectivity index (χ2v) is 4.20. The first kappa shape index (κ1) is 18.0. The third kappa shape index (κ3) is 5.37. The van der Waals surface area contributed by atoms with Gasteiger partial charge in [0.15, 0.2) is 12.4 Å². The number of methoxy groups -OCH3 is 1. The van der Waals surface area contributed by atoms with Crippen molar-refractivity contribution in [2.24, 2.45) is 0 Å². The minimum Gasteiger partial charge on any atom is -1.00 e. The van der Waals surface area contributed by atoms with Gasteiger partial charge in [0.2, 0.25) is 6.54 Å². The van der Waals surface area contributed by atoms with Gasteiger partial charge in [0, 0.05) is 18.5 Å². The van der Waals surface area contributed by atoms with E-state index in [0.717, 1.165) is 5.52 Å². The quantitative estimate of drug-likeness (QED) is 0.137. The number of carbonyl (C=O) groups excluding carboxylic acids is 2. The molecule has 0 radical (unpaired) electrons. The number of rotatable bonds is 4. The van der Waals surface area contributed by atoms with Crippen molar-refractivity contribution in [3.8, 4) is 11.8 Å². The Labute approximate surface area is 145 Å².